The van der Waals surface area contributed by atoms with Gasteiger partial charge in [0.1, 0.15) is 0 Å². The predicted octanol–water partition coefficient (Wildman–Crippen LogP) is 3.01. The zero-order valence-corrected chi connectivity index (χ0v) is 11.9. The number of nitrogens with one attached hydrogen (secondary N) is 2. The predicted molar refractivity (Wildman–Crippen MR) is 84.4 cm³/mol. The number of aromatic nitrogens is 1. The SMILES string of the molecule is O=C(CCc1ccncc1)Nc1ccc2c(c1)CCCN2. The number of aryl methyl sites for hydroxylation is 2. The second-order valence-corrected chi connectivity index (χ2v) is 5.31. The van der Waals surface area contributed by atoms with Crippen LogP contribution < -0.4 is 10.6 Å². The van der Waals surface area contributed by atoms with Crippen LogP contribution in [0.4, 0.5) is 11.4 Å². The number of pyridine rings is 1. The van der Waals surface area contributed by atoms with Gasteiger partial charge in [-0.15, -0.1) is 0 Å². The molecule has 1 aliphatic rings. The number of amides is 1. The monoisotopic (exact) mass is 281 g/mol. The molecule has 1 amide bonds. The number of nitrogens with zero attached hydrogens (tertiary/aromatic N) is 1. The van der Waals surface area contributed by atoms with Crippen LogP contribution in [-0.4, -0.2) is 17.4 Å². The molecule has 1 aromatic heterocycles. The summed E-state index contributed by atoms with van der Waals surface area (Å²) in [6.07, 6.45) is 6.95. The summed E-state index contributed by atoms with van der Waals surface area (Å²) in [4.78, 5) is 16.0. The lowest BCUT2D eigenvalue weighted by Gasteiger charge is -2.18. The lowest BCUT2D eigenvalue weighted by Crippen LogP contribution is -2.15. The minimum Gasteiger partial charge on any atom is -0.385 e. The van der Waals surface area contributed by atoms with E-state index in [1.807, 2.05) is 24.3 Å². The molecule has 0 saturated carbocycles. The van der Waals surface area contributed by atoms with E-state index in [1.165, 1.54) is 11.3 Å². The van der Waals surface area contributed by atoms with Crippen LogP contribution in [0.2, 0.25) is 0 Å². The van der Waals surface area contributed by atoms with Gasteiger partial charge in [0.05, 0.1) is 0 Å². The van der Waals surface area contributed by atoms with Crippen molar-refractivity contribution in [2.24, 2.45) is 0 Å². The molecule has 0 unspecified atom stereocenters. The van der Waals surface area contributed by atoms with Crippen LogP contribution in [-0.2, 0) is 17.6 Å². The summed E-state index contributed by atoms with van der Waals surface area (Å²) in [6, 6.07) is 9.97. The Balaban J connectivity index is 1.57. The number of fused-ring (bicyclic) bond motifs is 1. The number of carbonyl (C=O) groups excluding carboxylic acids is 1. The third kappa shape index (κ3) is 3.60. The average Bonchev–Trinajstić information content (AvgIpc) is 2.54. The van der Waals surface area contributed by atoms with Gasteiger partial charge in [0, 0.05) is 36.7 Å². The molecule has 4 heteroatoms. The van der Waals surface area contributed by atoms with E-state index in [-0.39, 0.29) is 5.91 Å². The molecule has 0 spiro atoms. The topological polar surface area (TPSA) is 54.0 Å². The van der Waals surface area contributed by atoms with E-state index in [0.29, 0.717) is 6.42 Å². The quantitative estimate of drug-likeness (QED) is 0.905. The first-order valence-electron chi connectivity index (χ1n) is 7.37. The highest BCUT2D eigenvalue weighted by Gasteiger charge is 2.10. The van der Waals surface area contributed by atoms with Gasteiger partial charge in [-0.25, -0.2) is 0 Å². The van der Waals surface area contributed by atoms with Crippen molar-refractivity contribution in [2.75, 3.05) is 17.2 Å². The number of hydrogen-bond donors (Lipinski definition) is 2. The molecule has 0 radical (unpaired) electrons. The smallest absolute Gasteiger partial charge is 0.224 e. The summed E-state index contributed by atoms with van der Waals surface area (Å²) in [7, 11) is 0. The first kappa shape index (κ1) is 13.6. The van der Waals surface area contributed by atoms with Crippen LogP contribution in [0.15, 0.2) is 42.7 Å². The van der Waals surface area contributed by atoms with Gasteiger partial charge in [-0.1, -0.05) is 0 Å². The Kier molecular flexibility index (Phi) is 4.15. The van der Waals surface area contributed by atoms with Crippen LogP contribution in [0.25, 0.3) is 0 Å². The maximum absolute atomic E-state index is 12.0. The average molecular weight is 281 g/mol. The van der Waals surface area contributed by atoms with E-state index >= 15 is 0 Å². The second kappa shape index (κ2) is 6.39. The van der Waals surface area contributed by atoms with E-state index in [9.17, 15) is 4.79 Å². The summed E-state index contributed by atoms with van der Waals surface area (Å²) >= 11 is 0. The molecule has 108 valence electrons. The molecule has 0 fully saturated rings. The Morgan fingerprint density at radius 1 is 1.24 bits per heavy atom. The Labute approximate surface area is 124 Å². The van der Waals surface area contributed by atoms with Gasteiger partial charge in [0.15, 0.2) is 0 Å². The zero-order valence-electron chi connectivity index (χ0n) is 11.9. The maximum Gasteiger partial charge on any atom is 0.224 e. The van der Waals surface area contributed by atoms with Crippen molar-refractivity contribution in [3.05, 3.63) is 53.9 Å². The molecule has 1 aromatic carbocycles. The van der Waals surface area contributed by atoms with Crippen molar-refractivity contribution in [2.45, 2.75) is 25.7 Å². The van der Waals surface area contributed by atoms with Crippen molar-refractivity contribution >= 4 is 17.3 Å². The lowest BCUT2D eigenvalue weighted by molar-refractivity contribution is -0.116. The normalized spacial score (nSPS) is 13.1. The van der Waals surface area contributed by atoms with E-state index in [4.69, 9.17) is 0 Å². The summed E-state index contributed by atoms with van der Waals surface area (Å²) in [6.45, 7) is 1.03. The van der Waals surface area contributed by atoms with Gasteiger partial charge in [-0.3, -0.25) is 9.78 Å². The van der Waals surface area contributed by atoms with Crippen molar-refractivity contribution in [3.63, 3.8) is 0 Å². The van der Waals surface area contributed by atoms with Crippen LogP contribution in [0.3, 0.4) is 0 Å². The molecule has 1 aliphatic heterocycles. The van der Waals surface area contributed by atoms with Crippen LogP contribution in [0.1, 0.15) is 24.0 Å². The highest BCUT2D eigenvalue weighted by Crippen LogP contribution is 2.25. The summed E-state index contributed by atoms with van der Waals surface area (Å²) in [5, 5.41) is 6.35. The Bertz CT molecular complexity index is 625. The minimum absolute atomic E-state index is 0.0514. The first-order valence-corrected chi connectivity index (χ1v) is 7.37. The van der Waals surface area contributed by atoms with E-state index < -0.39 is 0 Å². The number of benzene rings is 1. The lowest BCUT2D eigenvalue weighted by atomic mass is 10.0. The standard InChI is InChI=1S/C17H19N3O/c21-17(6-3-13-7-10-18-11-8-13)20-15-4-5-16-14(12-15)2-1-9-19-16/h4-5,7-8,10-12,19H,1-3,6,9H2,(H,20,21). The molecule has 2 heterocycles. The molecule has 4 nitrogen and oxygen atoms in total. The highest BCUT2D eigenvalue weighted by molar-refractivity contribution is 5.91. The fraction of sp³-hybridized carbons (Fsp3) is 0.294. The van der Waals surface area contributed by atoms with Gasteiger partial charge in [-0.2, -0.15) is 0 Å². The molecular weight excluding hydrogens is 262 g/mol. The number of carbonyl (C=O) groups is 1. The Morgan fingerprint density at radius 3 is 2.95 bits per heavy atom. The van der Waals surface area contributed by atoms with Crippen molar-refractivity contribution in [1.29, 1.82) is 0 Å². The highest BCUT2D eigenvalue weighted by atomic mass is 16.1. The molecular formula is C17H19N3O. The van der Waals surface area contributed by atoms with Gasteiger partial charge < -0.3 is 10.6 Å². The molecule has 2 aromatic rings. The van der Waals surface area contributed by atoms with Gasteiger partial charge in [0.25, 0.3) is 0 Å². The van der Waals surface area contributed by atoms with Crippen LogP contribution >= 0.6 is 0 Å². The number of hydrogen-bond acceptors (Lipinski definition) is 3. The van der Waals surface area contributed by atoms with Crippen molar-refractivity contribution < 1.29 is 4.79 Å². The summed E-state index contributed by atoms with van der Waals surface area (Å²) in [5.74, 6) is 0.0514. The van der Waals surface area contributed by atoms with Crippen LogP contribution in [0, 0.1) is 0 Å². The maximum atomic E-state index is 12.0. The Morgan fingerprint density at radius 2 is 2.10 bits per heavy atom. The van der Waals surface area contributed by atoms with Crippen molar-refractivity contribution in [3.8, 4) is 0 Å². The number of anilines is 2. The molecule has 2 N–H and O–H groups in total. The van der Waals surface area contributed by atoms with Crippen molar-refractivity contribution in [1.82, 2.24) is 4.98 Å². The summed E-state index contributed by atoms with van der Waals surface area (Å²) in [5.41, 5.74) is 4.50. The molecule has 3 rings (SSSR count). The van der Waals surface area contributed by atoms with Gasteiger partial charge >= 0.3 is 0 Å². The molecule has 0 saturated heterocycles. The molecule has 21 heavy (non-hydrogen) atoms. The first-order chi connectivity index (χ1) is 10.3. The van der Waals surface area contributed by atoms with E-state index in [1.54, 1.807) is 12.4 Å². The summed E-state index contributed by atoms with van der Waals surface area (Å²) < 4.78 is 0. The fourth-order valence-electron chi connectivity index (χ4n) is 2.58. The second-order valence-electron chi connectivity index (χ2n) is 5.31. The third-order valence-corrected chi connectivity index (χ3v) is 3.72. The van der Waals surface area contributed by atoms with E-state index in [0.717, 1.165) is 37.1 Å². The largest absolute Gasteiger partial charge is 0.385 e. The third-order valence-electron chi connectivity index (χ3n) is 3.72. The number of rotatable bonds is 4. The minimum atomic E-state index is 0.0514. The molecule has 0 atom stereocenters. The van der Waals surface area contributed by atoms with Gasteiger partial charge in [-0.05, 0) is 60.7 Å². The van der Waals surface area contributed by atoms with E-state index in [2.05, 4.69) is 21.7 Å². The Hall–Kier alpha value is -2.36. The molecule has 0 aliphatic carbocycles. The zero-order chi connectivity index (χ0) is 14.5. The van der Waals surface area contributed by atoms with Crippen LogP contribution in [0.5, 0.6) is 0 Å². The molecule has 0 bridgehead atoms. The van der Waals surface area contributed by atoms with Gasteiger partial charge in [0.2, 0.25) is 5.91 Å². The fourth-order valence-corrected chi connectivity index (χ4v) is 2.58.